The second-order valence-electron chi connectivity index (χ2n) is 6.58. The minimum Gasteiger partial charge on any atom is -0.389 e. The lowest BCUT2D eigenvalue weighted by atomic mass is 10.0. The van der Waals surface area contributed by atoms with Gasteiger partial charge in [0.25, 0.3) is 0 Å². The third-order valence-corrected chi connectivity index (χ3v) is 4.28. The lowest BCUT2D eigenvalue weighted by Crippen LogP contribution is -2.53. The van der Waals surface area contributed by atoms with Gasteiger partial charge in [0.1, 0.15) is 10.8 Å². The number of hydrogen-bond acceptors (Lipinski definition) is 3. The first kappa shape index (κ1) is 16.3. The van der Waals surface area contributed by atoms with Crippen molar-refractivity contribution in [1.29, 1.82) is 0 Å². The van der Waals surface area contributed by atoms with Crippen LogP contribution < -0.4 is 5.73 Å². The highest BCUT2D eigenvalue weighted by molar-refractivity contribution is 7.80. The molecule has 2 rings (SSSR count). The van der Waals surface area contributed by atoms with E-state index in [1.54, 1.807) is 6.07 Å². The fourth-order valence-electron chi connectivity index (χ4n) is 2.71. The maximum atomic E-state index is 14.3. The second kappa shape index (κ2) is 6.38. The van der Waals surface area contributed by atoms with Crippen LogP contribution >= 0.6 is 12.2 Å². The first-order valence-electron chi connectivity index (χ1n) is 7.33. The van der Waals surface area contributed by atoms with Crippen molar-refractivity contribution in [3.63, 3.8) is 0 Å². The lowest BCUT2D eigenvalue weighted by molar-refractivity contribution is 0.0586. The molecule has 1 aromatic rings. The quantitative estimate of drug-likeness (QED) is 0.869. The summed E-state index contributed by atoms with van der Waals surface area (Å²) in [5.74, 6) is -0.275. The Morgan fingerprint density at radius 1 is 1.24 bits per heavy atom. The molecule has 3 nitrogen and oxygen atoms in total. The molecule has 0 aromatic heterocycles. The molecule has 0 unspecified atom stereocenters. The Balaban J connectivity index is 2.01. The molecule has 5 heteroatoms. The molecule has 0 saturated carbocycles. The molecule has 21 heavy (non-hydrogen) atoms. The first-order chi connectivity index (χ1) is 9.79. The van der Waals surface area contributed by atoms with Gasteiger partial charge in [-0.05, 0) is 26.8 Å². The van der Waals surface area contributed by atoms with Gasteiger partial charge in [0.2, 0.25) is 0 Å². The number of thiocarbonyl (C=S) groups is 1. The van der Waals surface area contributed by atoms with Gasteiger partial charge in [-0.15, -0.1) is 0 Å². The SMILES string of the molecule is CC(C)(C)N1CCN(Cc2cccc(C(N)=S)c2F)CC1. The summed E-state index contributed by atoms with van der Waals surface area (Å²) in [7, 11) is 0. The Morgan fingerprint density at radius 2 is 1.86 bits per heavy atom. The van der Waals surface area contributed by atoms with Crippen LogP contribution in [0.2, 0.25) is 0 Å². The van der Waals surface area contributed by atoms with Crippen molar-refractivity contribution in [2.75, 3.05) is 26.2 Å². The molecular weight excluding hydrogens is 285 g/mol. The molecule has 1 aliphatic heterocycles. The van der Waals surface area contributed by atoms with Crippen LogP contribution in [0.1, 0.15) is 31.9 Å². The van der Waals surface area contributed by atoms with E-state index in [-0.39, 0.29) is 16.3 Å². The molecule has 1 aromatic carbocycles. The van der Waals surface area contributed by atoms with Gasteiger partial charge in [-0.1, -0.05) is 24.4 Å². The summed E-state index contributed by atoms with van der Waals surface area (Å²) in [5.41, 5.74) is 6.77. The zero-order valence-electron chi connectivity index (χ0n) is 13.0. The number of nitrogens with zero attached hydrogens (tertiary/aromatic N) is 2. The molecule has 1 saturated heterocycles. The number of nitrogens with two attached hydrogens (primary N) is 1. The van der Waals surface area contributed by atoms with E-state index in [0.717, 1.165) is 26.2 Å². The van der Waals surface area contributed by atoms with Crippen molar-refractivity contribution in [1.82, 2.24) is 9.80 Å². The van der Waals surface area contributed by atoms with Crippen molar-refractivity contribution in [2.45, 2.75) is 32.9 Å². The first-order valence-corrected chi connectivity index (χ1v) is 7.74. The van der Waals surface area contributed by atoms with Crippen LogP contribution in [-0.2, 0) is 6.54 Å². The fourth-order valence-corrected chi connectivity index (χ4v) is 2.87. The van der Waals surface area contributed by atoms with Crippen LogP contribution in [0.4, 0.5) is 4.39 Å². The van der Waals surface area contributed by atoms with Crippen LogP contribution in [0.5, 0.6) is 0 Å². The normalized spacial score (nSPS) is 17.9. The number of rotatable bonds is 3. The number of halogens is 1. The van der Waals surface area contributed by atoms with E-state index in [2.05, 4.69) is 30.6 Å². The van der Waals surface area contributed by atoms with Gasteiger partial charge in [-0.2, -0.15) is 0 Å². The summed E-state index contributed by atoms with van der Waals surface area (Å²) >= 11 is 4.89. The van der Waals surface area contributed by atoms with Gasteiger partial charge < -0.3 is 5.73 Å². The topological polar surface area (TPSA) is 32.5 Å². The zero-order valence-corrected chi connectivity index (χ0v) is 13.8. The Kier molecular flexibility index (Phi) is 4.96. The summed E-state index contributed by atoms with van der Waals surface area (Å²) in [6.07, 6.45) is 0. The molecule has 1 aliphatic rings. The highest BCUT2D eigenvalue weighted by Gasteiger charge is 2.26. The Hall–Kier alpha value is -1.04. The molecule has 0 radical (unpaired) electrons. The van der Waals surface area contributed by atoms with E-state index in [4.69, 9.17) is 18.0 Å². The van der Waals surface area contributed by atoms with E-state index in [9.17, 15) is 4.39 Å². The third kappa shape index (κ3) is 3.99. The number of piperazine rings is 1. The van der Waals surface area contributed by atoms with E-state index in [0.29, 0.717) is 17.7 Å². The van der Waals surface area contributed by atoms with Gasteiger partial charge in [0.15, 0.2) is 0 Å². The second-order valence-corrected chi connectivity index (χ2v) is 7.02. The van der Waals surface area contributed by atoms with Gasteiger partial charge in [0.05, 0.1) is 0 Å². The van der Waals surface area contributed by atoms with E-state index in [1.807, 2.05) is 12.1 Å². The monoisotopic (exact) mass is 309 g/mol. The van der Waals surface area contributed by atoms with Gasteiger partial charge in [0, 0.05) is 49.4 Å². The minimum atomic E-state index is -0.275. The maximum absolute atomic E-state index is 14.3. The lowest BCUT2D eigenvalue weighted by Gasteiger charge is -2.42. The fraction of sp³-hybridized carbons (Fsp3) is 0.562. The van der Waals surface area contributed by atoms with E-state index < -0.39 is 0 Å². The van der Waals surface area contributed by atoms with Crippen molar-refractivity contribution >= 4 is 17.2 Å². The summed E-state index contributed by atoms with van der Waals surface area (Å²) < 4.78 is 14.3. The average molecular weight is 309 g/mol. The Morgan fingerprint density at radius 3 is 2.38 bits per heavy atom. The van der Waals surface area contributed by atoms with Crippen molar-refractivity contribution < 1.29 is 4.39 Å². The summed E-state index contributed by atoms with van der Waals surface area (Å²) in [6.45, 7) is 11.2. The number of benzene rings is 1. The van der Waals surface area contributed by atoms with E-state index >= 15 is 0 Å². The Labute approximate surface area is 131 Å². The predicted octanol–water partition coefficient (Wildman–Crippen LogP) is 2.38. The molecule has 0 spiro atoms. The van der Waals surface area contributed by atoms with Crippen molar-refractivity contribution in [3.8, 4) is 0 Å². The average Bonchev–Trinajstić information content (AvgIpc) is 2.40. The molecule has 0 aliphatic carbocycles. The highest BCUT2D eigenvalue weighted by atomic mass is 32.1. The Bertz CT molecular complexity index is 517. The summed E-state index contributed by atoms with van der Waals surface area (Å²) in [4.78, 5) is 4.86. The van der Waals surface area contributed by atoms with Gasteiger partial charge in [-0.25, -0.2) is 4.39 Å². The van der Waals surface area contributed by atoms with Crippen LogP contribution in [0.25, 0.3) is 0 Å². The van der Waals surface area contributed by atoms with Crippen LogP contribution in [-0.4, -0.2) is 46.5 Å². The molecule has 2 N–H and O–H groups in total. The standard InChI is InChI=1S/C16H24FN3S/c1-16(2,3)20-9-7-19(8-10-20)11-12-5-4-6-13(14(12)17)15(18)21/h4-6H,7-11H2,1-3H3,(H2,18,21). The van der Waals surface area contributed by atoms with Crippen LogP contribution in [0.15, 0.2) is 18.2 Å². The van der Waals surface area contributed by atoms with Crippen LogP contribution in [0, 0.1) is 5.82 Å². The molecular formula is C16H24FN3S. The molecule has 116 valence electrons. The third-order valence-electron chi connectivity index (χ3n) is 4.06. The highest BCUT2D eigenvalue weighted by Crippen LogP contribution is 2.19. The summed E-state index contributed by atoms with van der Waals surface area (Å²) in [5, 5.41) is 0. The van der Waals surface area contributed by atoms with Crippen LogP contribution in [0.3, 0.4) is 0 Å². The molecule has 1 heterocycles. The largest absolute Gasteiger partial charge is 0.389 e. The van der Waals surface area contributed by atoms with Gasteiger partial charge in [-0.3, -0.25) is 9.80 Å². The minimum absolute atomic E-state index is 0.118. The molecule has 0 amide bonds. The zero-order chi connectivity index (χ0) is 15.6. The molecule has 1 fully saturated rings. The van der Waals surface area contributed by atoms with Crippen molar-refractivity contribution in [3.05, 3.63) is 35.1 Å². The maximum Gasteiger partial charge on any atom is 0.137 e. The number of hydrogen-bond donors (Lipinski definition) is 1. The molecule has 0 bridgehead atoms. The smallest absolute Gasteiger partial charge is 0.137 e. The summed E-state index contributed by atoms with van der Waals surface area (Å²) in [6, 6.07) is 5.27. The van der Waals surface area contributed by atoms with Crippen molar-refractivity contribution in [2.24, 2.45) is 5.73 Å². The van der Waals surface area contributed by atoms with Gasteiger partial charge >= 0.3 is 0 Å². The van der Waals surface area contributed by atoms with E-state index in [1.165, 1.54) is 0 Å². The molecule has 0 atom stereocenters. The predicted molar refractivity (Wildman–Crippen MR) is 88.9 cm³/mol.